The van der Waals surface area contributed by atoms with Gasteiger partial charge >= 0.3 is 5.97 Å². The van der Waals surface area contributed by atoms with Crippen LogP contribution in [0.15, 0.2) is 35.2 Å². The average Bonchev–Trinajstić information content (AvgIpc) is 2.74. The standard InChI is InChI=1S/C28H39NO5S/c1-18-19(2)25(20(3)22-15-16-28(7,8)33-24(18)22)35(31,32)29(9)23(26(30)34-27(4,5)6)17-21-13-11-10-12-14-21/h10-14,23H,15-17H2,1-9H3. The van der Waals surface area contributed by atoms with Gasteiger partial charge in [0.2, 0.25) is 10.0 Å². The van der Waals surface area contributed by atoms with Crippen LogP contribution in [0.4, 0.5) is 0 Å². The van der Waals surface area contributed by atoms with E-state index in [9.17, 15) is 13.2 Å². The van der Waals surface area contributed by atoms with Gasteiger partial charge in [-0.25, -0.2) is 8.42 Å². The fraction of sp³-hybridized carbons (Fsp3) is 0.536. The molecule has 35 heavy (non-hydrogen) atoms. The number of fused-ring (bicyclic) bond motifs is 1. The van der Waals surface area contributed by atoms with Crippen molar-refractivity contribution in [3.8, 4) is 5.75 Å². The molecule has 0 amide bonds. The van der Waals surface area contributed by atoms with Crippen molar-refractivity contribution in [2.45, 2.75) is 96.8 Å². The molecule has 0 saturated carbocycles. The van der Waals surface area contributed by atoms with Crippen LogP contribution >= 0.6 is 0 Å². The molecule has 1 aliphatic heterocycles. The van der Waals surface area contributed by atoms with Gasteiger partial charge in [0, 0.05) is 7.05 Å². The largest absolute Gasteiger partial charge is 0.487 e. The van der Waals surface area contributed by atoms with E-state index < -0.39 is 27.6 Å². The molecule has 2 aromatic carbocycles. The van der Waals surface area contributed by atoms with Gasteiger partial charge < -0.3 is 9.47 Å². The Balaban J connectivity index is 2.10. The molecular formula is C28H39NO5S. The number of hydrogen-bond donors (Lipinski definition) is 0. The van der Waals surface area contributed by atoms with Crippen molar-refractivity contribution in [1.29, 1.82) is 0 Å². The zero-order chi connectivity index (χ0) is 26.3. The first-order valence-electron chi connectivity index (χ1n) is 12.1. The number of sulfonamides is 1. The van der Waals surface area contributed by atoms with Gasteiger partial charge in [-0.15, -0.1) is 0 Å². The molecule has 192 valence electrons. The number of carbonyl (C=O) groups excluding carboxylic acids is 1. The van der Waals surface area contributed by atoms with Gasteiger partial charge in [0.15, 0.2) is 0 Å². The van der Waals surface area contributed by atoms with Gasteiger partial charge in [0.25, 0.3) is 0 Å². The molecule has 0 N–H and O–H groups in total. The monoisotopic (exact) mass is 501 g/mol. The Bertz CT molecular complexity index is 1210. The second kappa shape index (κ2) is 9.58. The predicted octanol–water partition coefficient (Wildman–Crippen LogP) is 5.29. The van der Waals surface area contributed by atoms with Crippen LogP contribution in [0.3, 0.4) is 0 Å². The first kappa shape index (κ1) is 27.2. The molecule has 0 bridgehead atoms. The van der Waals surface area contributed by atoms with Crippen molar-refractivity contribution in [3.63, 3.8) is 0 Å². The van der Waals surface area contributed by atoms with Crippen LogP contribution in [0.25, 0.3) is 0 Å². The molecule has 1 atom stereocenters. The molecule has 6 nitrogen and oxygen atoms in total. The summed E-state index contributed by atoms with van der Waals surface area (Å²) in [5, 5.41) is 0. The number of ether oxygens (including phenoxy) is 2. The van der Waals surface area contributed by atoms with E-state index in [0.717, 1.165) is 35.3 Å². The third-order valence-corrected chi connectivity index (χ3v) is 8.83. The summed E-state index contributed by atoms with van der Waals surface area (Å²) < 4.78 is 41.4. The van der Waals surface area contributed by atoms with E-state index in [4.69, 9.17) is 9.47 Å². The summed E-state index contributed by atoms with van der Waals surface area (Å²) in [6.07, 6.45) is 1.75. The van der Waals surface area contributed by atoms with Gasteiger partial charge in [-0.3, -0.25) is 4.79 Å². The van der Waals surface area contributed by atoms with Gasteiger partial charge in [-0.05, 0) is 102 Å². The molecular weight excluding hydrogens is 462 g/mol. The van der Waals surface area contributed by atoms with E-state index in [-0.39, 0.29) is 16.9 Å². The van der Waals surface area contributed by atoms with Crippen LogP contribution in [0.2, 0.25) is 0 Å². The summed E-state index contributed by atoms with van der Waals surface area (Å²) in [6.45, 7) is 15.0. The van der Waals surface area contributed by atoms with E-state index in [2.05, 4.69) is 0 Å². The zero-order valence-electron chi connectivity index (χ0n) is 22.5. The molecule has 0 aliphatic carbocycles. The smallest absolute Gasteiger partial charge is 0.325 e. The second-order valence-corrected chi connectivity index (χ2v) is 13.1. The Hall–Kier alpha value is -2.38. The maximum absolute atomic E-state index is 14.1. The maximum atomic E-state index is 14.1. The minimum absolute atomic E-state index is 0.213. The molecule has 0 saturated heterocycles. The van der Waals surface area contributed by atoms with E-state index in [1.54, 1.807) is 20.8 Å². The van der Waals surface area contributed by atoms with E-state index in [1.807, 2.05) is 65.0 Å². The molecule has 0 aromatic heterocycles. The average molecular weight is 502 g/mol. The lowest BCUT2D eigenvalue weighted by Crippen LogP contribution is -2.47. The van der Waals surface area contributed by atoms with Crippen molar-refractivity contribution >= 4 is 16.0 Å². The molecule has 2 aromatic rings. The number of carbonyl (C=O) groups is 1. The number of hydrogen-bond acceptors (Lipinski definition) is 5. The number of benzene rings is 2. The third kappa shape index (κ3) is 5.72. The summed E-state index contributed by atoms with van der Waals surface area (Å²) >= 11 is 0. The minimum atomic E-state index is -4.03. The van der Waals surface area contributed by atoms with E-state index >= 15 is 0 Å². The number of rotatable bonds is 6. The summed E-state index contributed by atoms with van der Waals surface area (Å²) in [5.74, 6) is 0.216. The van der Waals surface area contributed by atoms with Crippen LogP contribution in [-0.4, -0.2) is 43.0 Å². The number of nitrogens with zero attached hydrogens (tertiary/aromatic N) is 1. The second-order valence-electron chi connectivity index (χ2n) is 11.1. The van der Waals surface area contributed by atoms with Crippen LogP contribution in [0.1, 0.15) is 68.9 Å². The van der Waals surface area contributed by atoms with Crippen molar-refractivity contribution in [3.05, 3.63) is 58.1 Å². The molecule has 7 heteroatoms. The van der Waals surface area contributed by atoms with Crippen molar-refractivity contribution < 1.29 is 22.7 Å². The number of esters is 1. The van der Waals surface area contributed by atoms with Gasteiger partial charge in [-0.2, -0.15) is 4.31 Å². The molecule has 1 unspecified atom stereocenters. The molecule has 0 fully saturated rings. The Labute approximate surface area is 210 Å². The van der Waals surface area contributed by atoms with Gasteiger partial charge in [-0.1, -0.05) is 30.3 Å². The first-order chi connectivity index (χ1) is 16.0. The van der Waals surface area contributed by atoms with Gasteiger partial charge in [0.1, 0.15) is 23.0 Å². The molecule has 3 rings (SSSR count). The fourth-order valence-electron chi connectivity index (χ4n) is 4.61. The molecule has 1 aliphatic rings. The molecule has 0 spiro atoms. The first-order valence-corrected chi connectivity index (χ1v) is 13.6. The SMILES string of the molecule is Cc1c(C)c(S(=O)(=O)N(C)C(Cc2ccccc2)C(=O)OC(C)(C)C)c(C)c2c1OC(C)(C)CC2. The van der Waals surface area contributed by atoms with Crippen LogP contribution in [-0.2, 0) is 32.4 Å². The summed E-state index contributed by atoms with van der Waals surface area (Å²) in [5.41, 5.74) is 2.90. The lowest BCUT2D eigenvalue weighted by molar-refractivity contribution is -0.159. The highest BCUT2D eigenvalue weighted by atomic mass is 32.2. The third-order valence-electron chi connectivity index (χ3n) is 6.69. The minimum Gasteiger partial charge on any atom is -0.487 e. The fourth-order valence-corrected chi connectivity index (χ4v) is 6.45. The quantitative estimate of drug-likeness (QED) is 0.503. The van der Waals surface area contributed by atoms with Crippen LogP contribution < -0.4 is 4.74 Å². The zero-order valence-corrected chi connectivity index (χ0v) is 23.3. The van der Waals surface area contributed by atoms with Crippen molar-refractivity contribution in [1.82, 2.24) is 4.31 Å². The van der Waals surface area contributed by atoms with Gasteiger partial charge in [0.05, 0.1) is 4.90 Å². The van der Waals surface area contributed by atoms with E-state index in [1.165, 1.54) is 11.4 Å². The molecule has 0 radical (unpaired) electrons. The Morgan fingerprint density at radius 1 is 1.09 bits per heavy atom. The Morgan fingerprint density at radius 2 is 1.69 bits per heavy atom. The predicted molar refractivity (Wildman–Crippen MR) is 138 cm³/mol. The van der Waals surface area contributed by atoms with Crippen molar-refractivity contribution in [2.75, 3.05) is 7.05 Å². The lowest BCUT2D eigenvalue weighted by Gasteiger charge is -2.36. The summed E-state index contributed by atoms with van der Waals surface area (Å²) in [4.78, 5) is 13.5. The molecule has 1 heterocycles. The normalized spacial score (nSPS) is 16.4. The lowest BCUT2D eigenvalue weighted by atomic mass is 9.88. The summed E-state index contributed by atoms with van der Waals surface area (Å²) in [6, 6.07) is 8.40. The number of likely N-dealkylation sites (N-methyl/N-ethyl adjacent to an activating group) is 1. The van der Waals surface area contributed by atoms with Crippen LogP contribution in [0.5, 0.6) is 5.75 Å². The highest BCUT2D eigenvalue weighted by Gasteiger charge is 2.39. The highest BCUT2D eigenvalue weighted by molar-refractivity contribution is 7.89. The van der Waals surface area contributed by atoms with Crippen molar-refractivity contribution in [2.24, 2.45) is 0 Å². The topological polar surface area (TPSA) is 72.9 Å². The maximum Gasteiger partial charge on any atom is 0.325 e. The Kier molecular flexibility index (Phi) is 7.45. The highest BCUT2D eigenvalue weighted by Crippen LogP contribution is 2.43. The Morgan fingerprint density at radius 3 is 2.26 bits per heavy atom. The van der Waals surface area contributed by atoms with Crippen LogP contribution in [0, 0.1) is 20.8 Å². The van der Waals surface area contributed by atoms with E-state index in [0.29, 0.717) is 11.1 Å². The summed E-state index contributed by atoms with van der Waals surface area (Å²) in [7, 11) is -2.56.